The molecule has 2 nitrogen and oxygen atoms in total. The molecule has 2 rings (SSSR count). The van der Waals surface area contributed by atoms with Crippen LogP contribution in [0.5, 0.6) is 0 Å². The van der Waals surface area contributed by atoms with Crippen LogP contribution in [0.1, 0.15) is 11.3 Å². The average molecular weight is 202 g/mol. The summed E-state index contributed by atoms with van der Waals surface area (Å²) in [6.45, 7) is 0. The van der Waals surface area contributed by atoms with E-state index in [-0.39, 0.29) is 6.10 Å². The van der Waals surface area contributed by atoms with Crippen LogP contribution in [-0.4, -0.2) is 11.2 Å². The minimum atomic E-state index is -0.376. The molecule has 0 saturated carbocycles. The van der Waals surface area contributed by atoms with Crippen molar-refractivity contribution in [3.05, 3.63) is 60.1 Å². The van der Waals surface area contributed by atoms with Gasteiger partial charge in [0.25, 0.3) is 0 Å². The lowest BCUT2D eigenvalue weighted by Crippen LogP contribution is -2.13. The third-order valence-electron chi connectivity index (χ3n) is 2.33. The monoisotopic (exact) mass is 202 g/mol. The van der Waals surface area contributed by atoms with Gasteiger partial charge in [0.1, 0.15) is 5.76 Å². The first-order valence-electron chi connectivity index (χ1n) is 5.09. The summed E-state index contributed by atoms with van der Waals surface area (Å²) < 4.78 is 5.18. The summed E-state index contributed by atoms with van der Waals surface area (Å²) in [6, 6.07) is 13.7. The van der Waals surface area contributed by atoms with E-state index in [1.807, 2.05) is 42.5 Å². The smallest absolute Gasteiger partial charge is 0.106 e. The fourth-order valence-corrected chi connectivity index (χ4v) is 1.62. The van der Waals surface area contributed by atoms with Gasteiger partial charge in [-0.3, -0.25) is 0 Å². The van der Waals surface area contributed by atoms with Crippen LogP contribution in [0.15, 0.2) is 53.1 Å². The Balaban J connectivity index is 1.90. The maximum absolute atomic E-state index is 9.81. The van der Waals surface area contributed by atoms with E-state index in [0.29, 0.717) is 12.8 Å². The molecular weight excluding hydrogens is 188 g/mol. The molecule has 0 spiro atoms. The number of aliphatic hydroxyl groups is 1. The molecule has 0 aliphatic rings. The Morgan fingerprint density at radius 2 is 1.80 bits per heavy atom. The Hall–Kier alpha value is -1.54. The Morgan fingerprint density at radius 3 is 2.47 bits per heavy atom. The van der Waals surface area contributed by atoms with Crippen LogP contribution in [-0.2, 0) is 12.8 Å². The largest absolute Gasteiger partial charge is 0.469 e. The van der Waals surface area contributed by atoms with Crippen LogP contribution in [0.3, 0.4) is 0 Å². The number of benzene rings is 1. The minimum Gasteiger partial charge on any atom is -0.469 e. The maximum atomic E-state index is 9.81. The topological polar surface area (TPSA) is 33.4 Å². The van der Waals surface area contributed by atoms with E-state index in [9.17, 15) is 5.11 Å². The number of hydrogen-bond acceptors (Lipinski definition) is 2. The zero-order valence-electron chi connectivity index (χ0n) is 8.47. The second-order valence-corrected chi connectivity index (χ2v) is 3.63. The quantitative estimate of drug-likeness (QED) is 0.826. The van der Waals surface area contributed by atoms with Crippen molar-refractivity contribution in [3.63, 3.8) is 0 Å². The highest BCUT2D eigenvalue weighted by Gasteiger charge is 2.08. The molecule has 2 heteroatoms. The summed E-state index contributed by atoms with van der Waals surface area (Å²) in [5.74, 6) is 0.832. The number of aliphatic hydroxyl groups excluding tert-OH is 1. The Kier molecular flexibility index (Phi) is 3.20. The number of rotatable bonds is 4. The normalized spacial score (nSPS) is 12.6. The SMILES string of the molecule is OC(Cc1ccccc1)Cc1ccco1. The molecule has 1 N–H and O–H groups in total. The predicted molar refractivity (Wildman–Crippen MR) is 58.6 cm³/mol. The van der Waals surface area contributed by atoms with Gasteiger partial charge in [0.2, 0.25) is 0 Å². The third-order valence-corrected chi connectivity index (χ3v) is 2.33. The molecule has 0 fully saturated rings. The lowest BCUT2D eigenvalue weighted by atomic mass is 10.1. The van der Waals surface area contributed by atoms with Crippen molar-refractivity contribution < 1.29 is 9.52 Å². The van der Waals surface area contributed by atoms with Crippen LogP contribution in [0.4, 0.5) is 0 Å². The molecule has 1 unspecified atom stereocenters. The lowest BCUT2D eigenvalue weighted by molar-refractivity contribution is 0.168. The molecule has 1 atom stereocenters. The van der Waals surface area contributed by atoms with Crippen molar-refractivity contribution in [1.82, 2.24) is 0 Å². The van der Waals surface area contributed by atoms with Gasteiger partial charge in [0, 0.05) is 6.42 Å². The van der Waals surface area contributed by atoms with Crippen LogP contribution in [0.25, 0.3) is 0 Å². The molecule has 1 aromatic carbocycles. The molecule has 0 aliphatic carbocycles. The van der Waals surface area contributed by atoms with E-state index in [1.165, 1.54) is 0 Å². The van der Waals surface area contributed by atoms with Gasteiger partial charge in [-0.15, -0.1) is 0 Å². The molecule has 15 heavy (non-hydrogen) atoms. The standard InChI is InChI=1S/C13H14O2/c14-12(10-13-7-4-8-15-13)9-11-5-2-1-3-6-11/h1-8,12,14H,9-10H2. The summed E-state index contributed by atoms with van der Waals surface area (Å²) in [5.41, 5.74) is 1.15. The zero-order valence-corrected chi connectivity index (χ0v) is 8.47. The Labute approximate surface area is 89.2 Å². The van der Waals surface area contributed by atoms with Gasteiger partial charge < -0.3 is 9.52 Å². The predicted octanol–water partition coefficient (Wildman–Crippen LogP) is 2.43. The maximum Gasteiger partial charge on any atom is 0.106 e. The molecule has 0 amide bonds. The summed E-state index contributed by atoms with van der Waals surface area (Å²) in [4.78, 5) is 0. The van der Waals surface area contributed by atoms with Crippen LogP contribution >= 0.6 is 0 Å². The summed E-state index contributed by atoms with van der Waals surface area (Å²) in [5, 5.41) is 9.81. The van der Waals surface area contributed by atoms with Gasteiger partial charge in [0.15, 0.2) is 0 Å². The molecule has 1 aromatic heterocycles. The lowest BCUT2D eigenvalue weighted by Gasteiger charge is -2.08. The fraction of sp³-hybridized carbons (Fsp3) is 0.231. The van der Waals surface area contributed by atoms with Crippen molar-refractivity contribution in [2.24, 2.45) is 0 Å². The van der Waals surface area contributed by atoms with Gasteiger partial charge in [-0.25, -0.2) is 0 Å². The Morgan fingerprint density at radius 1 is 1.00 bits per heavy atom. The second-order valence-electron chi connectivity index (χ2n) is 3.63. The van der Waals surface area contributed by atoms with Gasteiger partial charge in [-0.1, -0.05) is 30.3 Å². The molecule has 0 aliphatic heterocycles. The fourth-order valence-electron chi connectivity index (χ4n) is 1.62. The molecule has 0 radical (unpaired) electrons. The molecule has 78 valence electrons. The summed E-state index contributed by atoms with van der Waals surface area (Å²) in [7, 11) is 0. The van der Waals surface area contributed by atoms with Gasteiger partial charge >= 0.3 is 0 Å². The summed E-state index contributed by atoms with van der Waals surface area (Å²) >= 11 is 0. The van der Waals surface area contributed by atoms with E-state index < -0.39 is 0 Å². The van der Waals surface area contributed by atoms with Gasteiger partial charge in [-0.05, 0) is 24.1 Å². The van der Waals surface area contributed by atoms with E-state index in [4.69, 9.17) is 4.42 Å². The molecule has 1 heterocycles. The zero-order chi connectivity index (χ0) is 10.5. The highest BCUT2D eigenvalue weighted by atomic mass is 16.3. The average Bonchev–Trinajstić information content (AvgIpc) is 2.71. The summed E-state index contributed by atoms with van der Waals surface area (Å²) in [6.07, 6.45) is 2.49. The molecule has 0 bridgehead atoms. The van der Waals surface area contributed by atoms with Crippen molar-refractivity contribution in [2.45, 2.75) is 18.9 Å². The minimum absolute atomic E-state index is 0.376. The highest BCUT2D eigenvalue weighted by molar-refractivity contribution is 5.16. The van der Waals surface area contributed by atoms with E-state index in [2.05, 4.69) is 0 Å². The highest BCUT2D eigenvalue weighted by Crippen LogP contribution is 2.09. The molecular formula is C13H14O2. The first-order chi connectivity index (χ1) is 7.34. The van der Waals surface area contributed by atoms with Crippen molar-refractivity contribution in [1.29, 1.82) is 0 Å². The molecule has 2 aromatic rings. The van der Waals surface area contributed by atoms with Crippen LogP contribution < -0.4 is 0 Å². The first-order valence-corrected chi connectivity index (χ1v) is 5.09. The van der Waals surface area contributed by atoms with Crippen LogP contribution in [0, 0.1) is 0 Å². The van der Waals surface area contributed by atoms with E-state index in [1.54, 1.807) is 6.26 Å². The molecule has 0 saturated heterocycles. The second kappa shape index (κ2) is 4.80. The van der Waals surface area contributed by atoms with E-state index >= 15 is 0 Å². The van der Waals surface area contributed by atoms with E-state index in [0.717, 1.165) is 11.3 Å². The van der Waals surface area contributed by atoms with Crippen molar-refractivity contribution in [3.8, 4) is 0 Å². The Bertz CT molecular complexity index is 378. The van der Waals surface area contributed by atoms with Crippen molar-refractivity contribution in [2.75, 3.05) is 0 Å². The number of hydrogen-bond donors (Lipinski definition) is 1. The van der Waals surface area contributed by atoms with Gasteiger partial charge in [0.05, 0.1) is 12.4 Å². The first kappa shape index (κ1) is 9.99. The number of furan rings is 1. The third kappa shape index (κ3) is 2.96. The van der Waals surface area contributed by atoms with Gasteiger partial charge in [-0.2, -0.15) is 0 Å². The van der Waals surface area contributed by atoms with Crippen molar-refractivity contribution >= 4 is 0 Å². The van der Waals surface area contributed by atoms with Crippen LogP contribution in [0.2, 0.25) is 0 Å².